The Morgan fingerprint density at radius 3 is 2.59 bits per heavy atom. The summed E-state index contributed by atoms with van der Waals surface area (Å²) in [6, 6.07) is 5.32. The molecular weight excluding hydrogens is 298 g/mol. The maximum Gasteiger partial charge on any atom is 0.243 e. The van der Waals surface area contributed by atoms with E-state index in [-0.39, 0.29) is 0 Å². The second-order valence-electron chi connectivity index (χ2n) is 5.77. The maximum atomic E-state index is 13.1. The first-order chi connectivity index (χ1) is 10.4. The van der Waals surface area contributed by atoms with Gasteiger partial charge >= 0.3 is 0 Å². The number of benzene rings is 1. The molecule has 1 heterocycles. The molecule has 1 aliphatic heterocycles. The van der Waals surface area contributed by atoms with Crippen LogP contribution in [0.4, 0.5) is 5.69 Å². The molecule has 0 bridgehead atoms. The van der Waals surface area contributed by atoms with Crippen molar-refractivity contribution in [1.82, 2.24) is 9.21 Å². The van der Waals surface area contributed by atoms with Gasteiger partial charge in [0, 0.05) is 37.9 Å². The summed E-state index contributed by atoms with van der Waals surface area (Å²) < 4.78 is 27.8. The van der Waals surface area contributed by atoms with Crippen molar-refractivity contribution in [2.45, 2.75) is 18.2 Å². The van der Waals surface area contributed by atoms with Crippen molar-refractivity contribution in [3.05, 3.63) is 30.3 Å². The SMILES string of the molecule is C=C(C)c1c(NC)cccc1S(=O)(=O)N1CCCN(C)CC1. The Balaban J connectivity index is 2.47. The number of nitrogens with zero attached hydrogens (tertiary/aromatic N) is 2. The van der Waals surface area contributed by atoms with E-state index in [1.165, 1.54) is 0 Å². The fraction of sp³-hybridized carbons (Fsp3) is 0.500. The lowest BCUT2D eigenvalue weighted by Crippen LogP contribution is -2.35. The Labute approximate surface area is 133 Å². The summed E-state index contributed by atoms with van der Waals surface area (Å²) in [7, 11) is 0.304. The van der Waals surface area contributed by atoms with Gasteiger partial charge in [-0.2, -0.15) is 4.31 Å². The molecule has 22 heavy (non-hydrogen) atoms. The number of allylic oxidation sites excluding steroid dienone is 1. The topological polar surface area (TPSA) is 52.7 Å². The predicted molar refractivity (Wildman–Crippen MR) is 91.6 cm³/mol. The molecule has 1 N–H and O–H groups in total. The van der Waals surface area contributed by atoms with Crippen LogP contribution in [-0.4, -0.2) is 57.9 Å². The molecule has 0 spiro atoms. The molecule has 0 amide bonds. The van der Waals surface area contributed by atoms with E-state index >= 15 is 0 Å². The van der Waals surface area contributed by atoms with E-state index < -0.39 is 10.0 Å². The Kier molecular flexibility index (Phi) is 5.26. The standard InChI is InChI=1S/C16H25N3O2S/c1-13(2)16-14(17-3)7-5-8-15(16)22(20,21)19-10-6-9-18(4)11-12-19/h5,7-8,17H,1,6,9-12H2,2-4H3. The number of hydrogen-bond donors (Lipinski definition) is 1. The molecule has 122 valence electrons. The molecule has 0 aliphatic carbocycles. The Morgan fingerprint density at radius 2 is 1.95 bits per heavy atom. The normalized spacial score (nSPS) is 18.0. The minimum Gasteiger partial charge on any atom is -0.388 e. The molecule has 1 aromatic rings. The van der Waals surface area contributed by atoms with E-state index in [0.717, 1.165) is 30.8 Å². The number of anilines is 1. The fourth-order valence-corrected chi connectivity index (χ4v) is 4.56. The second kappa shape index (κ2) is 6.81. The fourth-order valence-electron chi connectivity index (χ4n) is 2.80. The van der Waals surface area contributed by atoms with Crippen LogP contribution in [0.25, 0.3) is 5.57 Å². The molecule has 1 saturated heterocycles. The smallest absolute Gasteiger partial charge is 0.243 e. The molecule has 1 aliphatic rings. The zero-order valence-electron chi connectivity index (χ0n) is 13.6. The summed E-state index contributed by atoms with van der Waals surface area (Å²) in [5.74, 6) is 0. The van der Waals surface area contributed by atoms with Gasteiger partial charge in [-0.15, -0.1) is 0 Å². The summed E-state index contributed by atoms with van der Waals surface area (Å²) in [4.78, 5) is 2.51. The average Bonchev–Trinajstić information content (AvgIpc) is 2.71. The highest BCUT2D eigenvalue weighted by Crippen LogP contribution is 2.31. The van der Waals surface area contributed by atoms with Crippen molar-refractivity contribution in [3.8, 4) is 0 Å². The molecule has 1 aromatic carbocycles. The number of rotatable bonds is 4. The van der Waals surface area contributed by atoms with Crippen LogP contribution in [0, 0.1) is 0 Å². The third kappa shape index (κ3) is 3.34. The summed E-state index contributed by atoms with van der Waals surface area (Å²) >= 11 is 0. The Hall–Kier alpha value is -1.37. The van der Waals surface area contributed by atoms with Crippen LogP contribution in [0.1, 0.15) is 18.9 Å². The number of sulfonamides is 1. The van der Waals surface area contributed by atoms with Crippen LogP contribution in [0.3, 0.4) is 0 Å². The quantitative estimate of drug-likeness (QED) is 0.922. The van der Waals surface area contributed by atoms with Gasteiger partial charge in [0.15, 0.2) is 0 Å². The molecule has 0 atom stereocenters. The van der Waals surface area contributed by atoms with Crippen molar-refractivity contribution >= 4 is 21.3 Å². The number of nitrogens with one attached hydrogen (secondary N) is 1. The van der Waals surface area contributed by atoms with Crippen LogP contribution >= 0.6 is 0 Å². The molecule has 0 radical (unpaired) electrons. The van der Waals surface area contributed by atoms with Gasteiger partial charge in [-0.3, -0.25) is 0 Å². The number of hydrogen-bond acceptors (Lipinski definition) is 4. The van der Waals surface area contributed by atoms with E-state index in [4.69, 9.17) is 0 Å². The highest BCUT2D eigenvalue weighted by atomic mass is 32.2. The van der Waals surface area contributed by atoms with Crippen LogP contribution < -0.4 is 5.32 Å². The van der Waals surface area contributed by atoms with E-state index in [2.05, 4.69) is 16.8 Å². The minimum absolute atomic E-state index is 0.344. The van der Waals surface area contributed by atoms with Crippen LogP contribution in [-0.2, 0) is 10.0 Å². The molecule has 6 heteroatoms. The summed E-state index contributed by atoms with van der Waals surface area (Å²) in [5, 5.41) is 3.06. The molecule has 5 nitrogen and oxygen atoms in total. The highest BCUT2D eigenvalue weighted by molar-refractivity contribution is 7.89. The van der Waals surface area contributed by atoms with Crippen molar-refractivity contribution in [2.75, 3.05) is 45.6 Å². The molecule has 1 fully saturated rings. The van der Waals surface area contributed by atoms with Gasteiger partial charge in [-0.05, 0) is 44.6 Å². The lowest BCUT2D eigenvalue weighted by molar-refractivity contribution is 0.347. The van der Waals surface area contributed by atoms with Crippen molar-refractivity contribution < 1.29 is 8.42 Å². The zero-order chi connectivity index (χ0) is 16.3. The van der Waals surface area contributed by atoms with Crippen LogP contribution in [0.5, 0.6) is 0 Å². The molecule has 0 aromatic heterocycles. The minimum atomic E-state index is -3.51. The van der Waals surface area contributed by atoms with Crippen LogP contribution in [0.2, 0.25) is 0 Å². The van der Waals surface area contributed by atoms with Gasteiger partial charge in [0.2, 0.25) is 10.0 Å². The van der Waals surface area contributed by atoms with Gasteiger partial charge in [0.05, 0.1) is 4.90 Å². The zero-order valence-corrected chi connectivity index (χ0v) is 14.4. The van der Waals surface area contributed by atoms with E-state index in [1.807, 2.05) is 20.0 Å². The first kappa shape index (κ1) is 17.0. The summed E-state index contributed by atoms with van der Waals surface area (Å²) in [6.45, 7) is 8.56. The van der Waals surface area contributed by atoms with Gasteiger partial charge in [-0.1, -0.05) is 12.6 Å². The van der Waals surface area contributed by atoms with Crippen molar-refractivity contribution in [3.63, 3.8) is 0 Å². The lowest BCUT2D eigenvalue weighted by Gasteiger charge is -2.23. The van der Waals surface area contributed by atoms with Gasteiger partial charge in [-0.25, -0.2) is 8.42 Å². The molecule has 0 unspecified atom stereocenters. The largest absolute Gasteiger partial charge is 0.388 e. The first-order valence-corrected chi connectivity index (χ1v) is 8.97. The third-order valence-corrected chi connectivity index (χ3v) is 5.96. The average molecular weight is 323 g/mol. The summed E-state index contributed by atoms with van der Waals surface area (Å²) in [6.07, 6.45) is 0.851. The highest BCUT2D eigenvalue weighted by Gasteiger charge is 2.29. The van der Waals surface area contributed by atoms with E-state index in [1.54, 1.807) is 23.5 Å². The lowest BCUT2D eigenvalue weighted by atomic mass is 10.1. The van der Waals surface area contributed by atoms with Gasteiger partial charge in [0.1, 0.15) is 0 Å². The van der Waals surface area contributed by atoms with E-state index in [0.29, 0.717) is 23.5 Å². The first-order valence-electron chi connectivity index (χ1n) is 7.53. The Morgan fingerprint density at radius 1 is 1.23 bits per heavy atom. The van der Waals surface area contributed by atoms with Crippen molar-refractivity contribution in [2.24, 2.45) is 0 Å². The molecular formula is C16H25N3O2S. The van der Waals surface area contributed by atoms with Gasteiger partial charge < -0.3 is 10.2 Å². The Bertz CT molecular complexity index is 655. The van der Waals surface area contributed by atoms with Gasteiger partial charge in [0.25, 0.3) is 0 Å². The molecule has 2 rings (SSSR count). The van der Waals surface area contributed by atoms with Crippen LogP contribution in [0.15, 0.2) is 29.7 Å². The van der Waals surface area contributed by atoms with Crippen molar-refractivity contribution in [1.29, 1.82) is 0 Å². The third-order valence-electron chi connectivity index (χ3n) is 4.02. The number of likely N-dealkylation sites (N-methyl/N-ethyl adjacent to an activating group) is 1. The monoisotopic (exact) mass is 323 g/mol. The predicted octanol–water partition coefficient (Wildman–Crippen LogP) is 2.09. The maximum absolute atomic E-state index is 13.1. The molecule has 0 saturated carbocycles. The second-order valence-corrected chi connectivity index (χ2v) is 7.68. The van der Waals surface area contributed by atoms with E-state index in [9.17, 15) is 8.42 Å². The summed E-state index contributed by atoms with van der Waals surface area (Å²) in [5.41, 5.74) is 2.22.